The number of halogens is 1. The molecule has 2 saturated heterocycles. The van der Waals surface area contributed by atoms with Gasteiger partial charge in [-0.1, -0.05) is 35.9 Å². The topological polar surface area (TPSA) is 36.4 Å². The van der Waals surface area contributed by atoms with Crippen molar-refractivity contribution in [3.63, 3.8) is 0 Å². The van der Waals surface area contributed by atoms with Gasteiger partial charge < -0.3 is 9.80 Å². The molecule has 0 bridgehead atoms. The third kappa shape index (κ3) is 4.23. The van der Waals surface area contributed by atoms with Gasteiger partial charge in [-0.15, -0.1) is 0 Å². The lowest BCUT2D eigenvalue weighted by molar-refractivity contribution is -0.138. The van der Waals surface area contributed by atoms with E-state index in [9.17, 15) is 4.79 Å². The van der Waals surface area contributed by atoms with Crippen LogP contribution in [-0.2, 0) is 17.8 Å². The van der Waals surface area contributed by atoms with Gasteiger partial charge in [0.25, 0.3) is 0 Å². The summed E-state index contributed by atoms with van der Waals surface area (Å²) in [5.74, 6) is 0.354. The van der Waals surface area contributed by atoms with Gasteiger partial charge in [0.15, 0.2) is 0 Å². The van der Waals surface area contributed by atoms with Crippen molar-refractivity contribution in [3.05, 3.63) is 64.9 Å². The van der Waals surface area contributed by atoms with E-state index in [1.807, 2.05) is 35.4 Å². The summed E-state index contributed by atoms with van der Waals surface area (Å²) >= 11 is 6.26. The highest BCUT2D eigenvalue weighted by molar-refractivity contribution is 6.31. The van der Waals surface area contributed by atoms with E-state index < -0.39 is 0 Å². The fourth-order valence-electron chi connectivity index (χ4n) is 4.62. The fraction of sp³-hybridized carbons (Fsp3) is 0.478. The molecular formula is C23H28ClN3O. The quantitative estimate of drug-likeness (QED) is 0.733. The number of carbonyl (C=O) groups excluding carboxylic acids is 1. The van der Waals surface area contributed by atoms with Crippen molar-refractivity contribution in [1.29, 1.82) is 0 Å². The SMILES string of the molecule is O=C1N(Cc2cccnc2)CCC12CCN(CCCc1ccccc1Cl)CC2. The summed E-state index contributed by atoms with van der Waals surface area (Å²) < 4.78 is 0. The molecular weight excluding hydrogens is 370 g/mol. The van der Waals surface area contributed by atoms with Crippen molar-refractivity contribution in [1.82, 2.24) is 14.8 Å². The number of piperidine rings is 1. The van der Waals surface area contributed by atoms with Gasteiger partial charge >= 0.3 is 0 Å². The second-order valence-corrected chi connectivity index (χ2v) is 8.56. The van der Waals surface area contributed by atoms with Gasteiger partial charge in [-0.2, -0.15) is 0 Å². The molecule has 2 fully saturated rings. The highest BCUT2D eigenvalue weighted by Gasteiger charge is 2.47. The van der Waals surface area contributed by atoms with Gasteiger partial charge in [0.2, 0.25) is 5.91 Å². The molecule has 2 aliphatic heterocycles. The smallest absolute Gasteiger partial charge is 0.229 e. The third-order valence-electron chi connectivity index (χ3n) is 6.39. The normalized spacial score (nSPS) is 19.5. The molecule has 4 nitrogen and oxygen atoms in total. The Kier molecular flexibility index (Phi) is 5.98. The van der Waals surface area contributed by atoms with E-state index >= 15 is 0 Å². The molecule has 0 saturated carbocycles. The fourth-order valence-corrected chi connectivity index (χ4v) is 4.85. The van der Waals surface area contributed by atoms with Crippen molar-refractivity contribution in [3.8, 4) is 0 Å². The molecule has 0 atom stereocenters. The maximum Gasteiger partial charge on any atom is 0.229 e. The number of aryl methyl sites for hydroxylation is 1. The van der Waals surface area contributed by atoms with Crippen LogP contribution in [0.15, 0.2) is 48.8 Å². The maximum atomic E-state index is 13.1. The Morgan fingerprint density at radius 1 is 1.04 bits per heavy atom. The Hall–Kier alpha value is -1.91. The molecule has 2 aromatic rings. The molecule has 0 radical (unpaired) electrons. The lowest BCUT2D eigenvalue weighted by atomic mass is 9.77. The zero-order valence-electron chi connectivity index (χ0n) is 16.3. The summed E-state index contributed by atoms with van der Waals surface area (Å²) in [7, 11) is 0. The van der Waals surface area contributed by atoms with Crippen molar-refractivity contribution in [2.45, 2.75) is 38.6 Å². The molecule has 2 aliphatic rings. The number of nitrogens with zero attached hydrogens (tertiary/aromatic N) is 3. The van der Waals surface area contributed by atoms with Crippen LogP contribution in [0.25, 0.3) is 0 Å². The molecule has 0 aliphatic carbocycles. The van der Waals surface area contributed by atoms with Gasteiger partial charge in [0, 0.05) is 30.5 Å². The number of amides is 1. The average molecular weight is 398 g/mol. The largest absolute Gasteiger partial charge is 0.338 e. The number of carbonyl (C=O) groups is 1. The first-order valence-corrected chi connectivity index (χ1v) is 10.7. The molecule has 3 heterocycles. The number of hydrogen-bond donors (Lipinski definition) is 0. The molecule has 1 spiro atoms. The Balaban J connectivity index is 1.25. The molecule has 28 heavy (non-hydrogen) atoms. The van der Waals surface area contributed by atoms with Crippen LogP contribution < -0.4 is 0 Å². The number of likely N-dealkylation sites (tertiary alicyclic amines) is 2. The van der Waals surface area contributed by atoms with Gasteiger partial charge in [0.05, 0.1) is 5.41 Å². The predicted octanol–water partition coefficient (Wildman–Crippen LogP) is 4.18. The number of benzene rings is 1. The lowest BCUT2D eigenvalue weighted by Gasteiger charge is -2.38. The van der Waals surface area contributed by atoms with Gasteiger partial charge in [-0.25, -0.2) is 0 Å². The second kappa shape index (κ2) is 8.62. The van der Waals surface area contributed by atoms with Crippen LogP contribution in [0.4, 0.5) is 0 Å². The maximum absolute atomic E-state index is 13.1. The first-order chi connectivity index (χ1) is 13.7. The van der Waals surface area contributed by atoms with E-state index in [1.165, 1.54) is 5.56 Å². The number of hydrogen-bond acceptors (Lipinski definition) is 3. The summed E-state index contributed by atoms with van der Waals surface area (Å²) in [6, 6.07) is 12.1. The van der Waals surface area contributed by atoms with E-state index in [4.69, 9.17) is 11.6 Å². The Morgan fingerprint density at radius 2 is 1.82 bits per heavy atom. The van der Waals surface area contributed by atoms with Gasteiger partial charge in [0.1, 0.15) is 0 Å². The lowest BCUT2D eigenvalue weighted by Crippen LogP contribution is -2.44. The first-order valence-electron chi connectivity index (χ1n) is 10.3. The van der Waals surface area contributed by atoms with E-state index in [0.717, 1.165) is 68.9 Å². The van der Waals surface area contributed by atoms with Crippen molar-refractivity contribution >= 4 is 17.5 Å². The molecule has 1 aromatic carbocycles. The van der Waals surface area contributed by atoms with E-state index in [2.05, 4.69) is 22.0 Å². The number of rotatable bonds is 6. The molecule has 148 valence electrons. The van der Waals surface area contributed by atoms with E-state index in [1.54, 1.807) is 6.20 Å². The van der Waals surface area contributed by atoms with Crippen LogP contribution in [-0.4, -0.2) is 46.9 Å². The van der Waals surface area contributed by atoms with Crippen LogP contribution in [0.2, 0.25) is 5.02 Å². The van der Waals surface area contributed by atoms with Crippen LogP contribution in [0.1, 0.15) is 36.8 Å². The van der Waals surface area contributed by atoms with Gasteiger partial charge in [-0.05, 0) is 75.0 Å². The zero-order chi connectivity index (χ0) is 19.4. The minimum Gasteiger partial charge on any atom is -0.338 e. The van der Waals surface area contributed by atoms with Crippen molar-refractivity contribution in [2.24, 2.45) is 5.41 Å². The van der Waals surface area contributed by atoms with Crippen LogP contribution in [0.3, 0.4) is 0 Å². The summed E-state index contributed by atoms with van der Waals surface area (Å²) in [6.07, 6.45) is 8.73. The molecule has 4 rings (SSSR count). The highest BCUT2D eigenvalue weighted by Crippen LogP contribution is 2.42. The molecule has 1 aromatic heterocycles. The molecule has 0 N–H and O–H groups in total. The summed E-state index contributed by atoms with van der Waals surface area (Å²) in [4.78, 5) is 21.8. The standard InChI is InChI=1S/C23H28ClN3O/c24-21-8-2-1-6-20(21)7-4-13-26-14-9-23(10-15-26)11-16-27(22(23)28)18-19-5-3-12-25-17-19/h1-3,5-6,8,12,17H,4,7,9-11,13-16,18H2. The average Bonchev–Trinajstić information content (AvgIpc) is 3.01. The molecule has 5 heteroatoms. The van der Waals surface area contributed by atoms with Crippen molar-refractivity contribution in [2.75, 3.05) is 26.2 Å². The Bertz CT molecular complexity index is 803. The third-order valence-corrected chi connectivity index (χ3v) is 6.76. The number of aromatic nitrogens is 1. The predicted molar refractivity (Wildman–Crippen MR) is 112 cm³/mol. The van der Waals surface area contributed by atoms with Gasteiger partial charge in [-0.3, -0.25) is 9.78 Å². The van der Waals surface area contributed by atoms with Crippen LogP contribution >= 0.6 is 11.6 Å². The summed E-state index contributed by atoms with van der Waals surface area (Å²) in [6.45, 7) is 4.69. The Morgan fingerprint density at radius 3 is 2.57 bits per heavy atom. The minimum atomic E-state index is -0.124. The minimum absolute atomic E-state index is 0.124. The summed E-state index contributed by atoms with van der Waals surface area (Å²) in [5.41, 5.74) is 2.22. The monoisotopic (exact) mass is 397 g/mol. The van der Waals surface area contributed by atoms with Crippen LogP contribution in [0, 0.1) is 5.41 Å². The second-order valence-electron chi connectivity index (χ2n) is 8.15. The van der Waals surface area contributed by atoms with E-state index in [-0.39, 0.29) is 5.41 Å². The zero-order valence-corrected chi connectivity index (χ0v) is 17.1. The number of pyridine rings is 1. The first kappa shape index (κ1) is 19.4. The van der Waals surface area contributed by atoms with Crippen LogP contribution in [0.5, 0.6) is 0 Å². The molecule has 1 amide bonds. The highest BCUT2D eigenvalue weighted by atomic mass is 35.5. The Labute approximate surface area is 172 Å². The molecule has 0 unspecified atom stereocenters. The summed E-state index contributed by atoms with van der Waals surface area (Å²) in [5, 5.41) is 0.866. The van der Waals surface area contributed by atoms with Crippen molar-refractivity contribution < 1.29 is 4.79 Å². The van der Waals surface area contributed by atoms with E-state index in [0.29, 0.717) is 12.5 Å².